The lowest BCUT2D eigenvalue weighted by Gasteiger charge is -2.07. The number of aromatic nitrogens is 3. The average Bonchev–Trinajstić information content (AvgIpc) is 3.25. The van der Waals surface area contributed by atoms with E-state index in [1.54, 1.807) is 6.20 Å². The van der Waals surface area contributed by atoms with Crippen LogP contribution in [0, 0.1) is 0 Å². The smallest absolute Gasteiger partial charge is 0.135 e. The number of hydrogen-bond donors (Lipinski definition) is 1. The van der Waals surface area contributed by atoms with Crippen LogP contribution in [0.1, 0.15) is 24.6 Å². The molecule has 0 radical (unpaired) electrons. The lowest BCUT2D eigenvalue weighted by Crippen LogP contribution is -2.00. The number of pyridine rings is 1. The average molecular weight is 293 g/mol. The van der Waals surface area contributed by atoms with Crippen molar-refractivity contribution in [3.05, 3.63) is 35.2 Å². The van der Waals surface area contributed by atoms with Gasteiger partial charge in [0.05, 0.1) is 5.02 Å². The van der Waals surface area contributed by atoms with Gasteiger partial charge in [-0.15, -0.1) is 0 Å². The van der Waals surface area contributed by atoms with Gasteiger partial charge in [-0.3, -0.25) is 0 Å². The fourth-order valence-corrected chi connectivity index (χ4v) is 2.72. The van der Waals surface area contributed by atoms with Crippen molar-refractivity contribution in [2.24, 2.45) is 0 Å². The molecule has 1 N–H and O–H groups in total. The Bertz CT molecular complexity index is 601. The predicted molar refractivity (Wildman–Crippen MR) is 76.9 cm³/mol. The molecule has 0 saturated heterocycles. The third-order valence-electron chi connectivity index (χ3n) is 2.84. The van der Waals surface area contributed by atoms with E-state index in [-0.39, 0.29) is 0 Å². The van der Waals surface area contributed by atoms with Crippen LogP contribution in [0.5, 0.6) is 0 Å². The van der Waals surface area contributed by atoms with E-state index in [0.29, 0.717) is 10.9 Å². The van der Waals surface area contributed by atoms with Gasteiger partial charge in [0.15, 0.2) is 0 Å². The van der Waals surface area contributed by atoms with Gasteiger partial charge in [0.1, 0.15) is 21.7 Å². The zero-order valence-electron chi connectivity index (χ0n) is 10.4. The Kier molecular flexibility index (Phi) is 3.57. The van der Waals surface area contributed by atoms with Gasteiger partial charge in [-0.25, -0.2) is 15.0 Å². The van der Waals surface area contributed by atoms with E-state index in [1.807, 2.05) is 25.2 Å². The molecule has 0 unspecified atom stereocenters. The molecule has 1 aliphatic rings. The van der Waals surface area contributed by atoms with Crippen LogP contribution < -0.4 is 5.32 Å². The van der Waals surface area contributed by atoms with Gasteiger partial charge >= 0.3 is 0 Å². The third-order valence-corrected chi connectivity index (χ3v) is 4.20. The van der Waals surface area contributed by atoms with Crippen LogP contribution in [-0.4, -0.2) is 22.0 Å². The standard InChI is InChI=1S/C13H13ClN4S/c1-15-10-7-11(18-12(17-10)8-4-5-8)19-13-9(14)3-2-6-16-13/h2-3,6-8H,4-5H2,1H3,(H,15,17,18). The van der Waals surface area contributed by atoms with Crippen molar-refractivity contribution in [3.8, 4) is 0 Å². The second kappa shape index (κ2) is 5.35. The number of halogens is 1. The molecule has 2 aromatic heterocycles. The first-order valence-electron chi connectivity index (χ1n) is 6.11. The summed E-state index contributed by atoms with van der Waals surface area (Å²) >= 11 is 7.59. The highest BCUT2D eigenvalue weighted by Gasteiger charge is 2.27. The summed E-state index contributed by atoms with van der Waals surface area (Å²) < 4.78 is 0. The molecule has 1 saturated carbocycles. The Balaban J connectivity index is 1.91. The first-order valence-corrected chi connectivity index (χ1v) is 7.31. The van der Waals surface area contributed by atoms with E-state index in [0.717, 1.165) is 21.7 Å². The minimum absolute atomic E-state index is 0.520. The van der Waals surface area contributed by atoms with Gasteiger partial charge < -0.3 is 5.32 Å². The molecule has 0 atom stereocenters. The summed E-state index contributed by atoms with van der Waals surface area (Å²) in [6.45, 7) is 0. The summed E-state index contributed by atoms with van der Waals surface area (Å²) in [4.78, 5) is 13.4. The molecule has 1 fully saturated rings. The van der Waals surface area contributed by atoms with Crippen LogP contribution in [0.25, 0.3) is 0 Å². The van der Waals surface area contributed by atoms with Crippen LogP contribution in [0.2, 0.25) is 5.02 Å². The molecule has 1 aliphatic carbocycles. The minimum Gasteiger partial charge on any atom is -0.373 e. The Hall–Kier alpha value is -1.33. The summed E-state index contributed by atoms with van der Waals surface area (Å²) in [6, 6.07) is 5.57. The van der Waals surface area contributed by atoms with Crippen LogP contribution in [0.3, 0.4) is 0 Å². The first-order chi connectivity index (χ1) is 9.26. The molecule has 19 heavy (non-hydrogen) atoms. The minimum atomic E-state index is 0.520. The monoisotopic (exact) mass is 292 g/mol. The van der Waals surface area contributed by atoms with Crippen molar-refractivity contribution >= 4 is 29.2 Å². The maximum Gasteiger partial charge on any atom is 0.135 e. The Morgan fingerprint density at radius 3 is 2.89 bits per heavy atom. The van der Waals surface area contributed by atoms with E-state index in [1.165, 1.54) is 24.6 Å². The summed E-state index contributed by atoms with van der Waals surface area (Å²) in [5.41, 5.74) is 0. The van der Waals surface area contributed by atoms with Crippen molar-refractivity contribution in [1.82, 2.24) is 15.0 Å². The third kappa shape index (κ3) is 2.98. The normalized spacial score (nSPS) is 14.4. The van der Waals surface area contributed by atoms with Crippen LogP contribution >= 0.6 is 23.4 Å². The highest BCUT2D eigenvalue weighted by atomic mass is 35.5. The molecule has 98 valence electrons. The van der Waals surface area contributed by atoms with E-state index >= 15 is 0 Å². The van der Waals surface area contributed by atoms with Crippen molar-refractivity contribution in [2.75, 3.05) is 12.4 Å². The van der Waals surface area contributed by atoms with Gasteiger partial charge in [0, 0.05) is 25.2 Å². The molecule has 0 spiro atoms. The van der Waals surface area contributed by atoms with Crippen molar-refractivity contribution in [2.45, 2.75) is 28.8 Å². The lowest BCUT2D eigenvalue weighted by molar-refractivity contribution is 0.879. The summed E-state index contributed by atoms with van der Waals surface area (Å²) in [7, 11) is 1.86. The topological polar surface area (TPSA) is 50.7 Å². The Labute approximate surface area is 121 Å². The van der Waals surface area contributed by atoms with Crippen molar-refractivity contribution in [3.63, 3.8) is 0 Å². The number of nitrogens with zero attached hydrogens (tertiary/aromatic N) is 3. The zero-order valence-corrected chi connectivity index (χ0v) is 12.0. The number of rotatable bonds is 4. The maximum atomic E-state index is 6.12. The molecule has 3 rings (SSSR count). The molecule has 4 nitrogen and oxygen atoms in total. The molecule has 0 aliphatic heterocycles. The molecule has 0 aromatic carbocycles. The zero-order chi connectivity index (χ0) is 13.2. The summed E-state index contributed by atoms with van der Waals surface area (Å²) in [5.74, 6) is 2.28. The largest absolute Gasteiger partial charge is 0.373 e. The fraction of sp³-hybridized carbons (Fsp3) is 0.308. The Morgan fingerprint density at radius 2 is 2.21 bits per heavy atom. The van der Waals surface area contributed by atoms with E-state index in [9.17, 15) is 0 Å². The fourth-order valence-electron chi connectivity index (χ4n) is 1.69. The second-order valence-corrected chi connectivity index (χ2v) is 5.78. The van der Waals surface area contributed by atoms with Crippen LogP contribution in [0.15, 0.2) is 34.4 Å². The van der Waals surface area contributed by atoms with Gasteiger partial charge in [-0.2, -0.15) is 0 Å². The number of anilines is 1. The molecule has 2 aromatic rings. The number of nitrogens with one attached hydrogen (secondary N) is 1. The maximum absolute atomic E-state index is 6.12. The van der Waals surface area contributed by atoms with Gasteiger partial charge in [-0.05, 0) is 36.7 Å². The molecular formula is C13H13ClN4S. The second-order valence-electron chi connectivity index (χ2n) is 4.37. The van der Waals surface area contributed by atoms with Gasteiger partial charge in [0.25, 0.3) is 0 Å². The van der Waals surface area contributed by atoms with Gasteiger partial charge in [0.2, 0.25) is 0 Å². The predicted octanol–water partition coefficient (Wildman–Crippen LogP) is 3.60. The number of hydrogen-bond acceptors (Lipinski definition) is 5. The molecule has 2 heterocycles. The van der Waals surface area contributed by atoms with Crippen LogP contribution in [0.4, 0.5) is 5.82 Å². The van der Waals surface area contributed by atoms with Crippen molar-refractivity contribution < 1.29 is 0 Å². The van der Waals surface area contributed by atoms with Crippen molar-refractivity contribution in [1.29, 1.82) is 0 Å². The SMILES string of the molecule is CNc1cc(Sc2ncccc2Cl)nc(C2CC2)n1. The highest BCUT2D eigenvalue weighted by molar-refractivity contribution is 7.99. The van der Waals surface area contributed by atoms with E-state index in [2.05, 4.69) is 20.3 Å². The first kappa shape index (κ1) is 12.7. The van der Waals surface area contributed by atoms with Gasteiger partial charge in [-0.1, -0.05) is 11.6 Å². The summed E-state index contributed by atoms with van der Waals surface area (Å²) in [5, 5.41) is 5.36. The molecular weight excluding hydrogens is 280 g/mol. The molecule has 0 bridgehead atoms. The highest BCUT2D eigenvalue weighted by Crippen LogP contribution is 2.40. The summed E-state index contributed by atoms with van der Waals surface area (Å²) in [6.07, 6.45) is 4.10. The lowest BCUT2D eigenvalue weighted by atomic mass is 10.4. The molecule has 6 heteroatoms. The van der Waals surface area contributed by atoms with Crippen LogP contribution in [-0.2, 0) is 0 Å². The quantitative estimate of drug-likeness (QED) is 0.873. The van der Waals surface area contributed by atoms with E-state index in [4.69, 9.17) is 11.6 Å². The Morgan fingerprint density at radius 1 is 1.37 bits per heavy atom. The molecule has 0 amide bonds. The van der Waals surface area contributed by atoms with E-state index < -0.39 is 0 Å².